The van der Waals surface area contributed by atoms with Crippen molar-refractivity contribution in [3.05, 3.63) is 59.0 Å². The average molecular weight is 844 g/mol. The lowest BCUT2D eigenvalue weighted by atomic mass is 9.94. The molecule has 0 saturated heterocycles. The van der Waals surface area contributed by atoms with E-state index in [1.165, 1.54) is 0 Å². The Kier molecular flexibility index (Phi) is 24.6. The van der Waals surface area contributed by atoms with Crippen molar-refractivity contribution in [2.24, 2.45) is 21.3 Å². The van der Waals surface area contributed by atoms with Gasteiger partial charge in [-0.25, -0.2) is 9.59 Å². The van der Waals surface area contributed by atoms with Crippen LogP contribution in [0.15, 0.2) is 63.9 Å². The van der Waals surface area contributed by atoms with Gasteiger partial charge in [-0.2, -0.15) is 10.2 Å². The van der Waals surface area contributed by atoms with Crippen molar-refractivity contribution in [3.8, 4) is 0 Å². The van der Waals surface area contributed by atoms with Gasteiger partial charge >= 0.3 is 18.0 Å². The molecule has 0 radical (unpaired) electrons. The molecule has 2 rings (SSSR count). The lowest BCUT2D eigenvalue weighted by molar-refractivity contribution is -0.144. The lowest BCUT2D eigenvalue weighted by Gasteiger charge is -2.23. The van der Waals surface area contributed by atoms with Crippen LogP contribution in [-0.2, 0) is 42.9 Å². The number of ether oxygens (including phenoxy) is 5. The molecule has 0 aliphatic heterocycles. The number of carboxylic acids is 2. The van der Waals surface area contributed by atoms with Crippen LogP contribution < -0.4 is 21.3 Å². The van der Waals surface area contributed by atoms with E-state index in [1.807, 2.05) is 12.1 Å². The Bertz CT molecular complexity index is 1680. The van der Waals surface area contributed by atoms with Crippen LogP contribution in [0.3, 0.4) is 0 Å². The van der Waals surface area contributed by atoms with Crippen LogP contribution in [-0.4, -0.2) is 124 Å². The molecule has 2 aromatic carbocycles. The Morgan fingerprint density at radius 3 is 1.80 bits per heavy atom. The van der Waals surface area contributed by atoms with Gasteiger partial charge in [-0.05, 0) is 94.1 Å². The molecular formula is C39H57N9O12. The number of alkyl carbamates (subject to hydrolysis) is 1. The number of hydrogen-bond acceptors (Lipinski definition) is 14. The van der Waals surface area contributed by atoms with Crippen LogP contribution in [0.4, 0.5) is 27.5 Å². The van der Waals surface area contributed by atoms with Crippen molar-refractivity contribution in [1.82, 2.24) is 10.6 Å². The van der Waals surface area contributed by atoms with Crippen molar-refractivity contribution >= 4 is 52.6 Å². The number of carbonyl (C=O) groups is 5. The van der Waals surface area contributed by atoms with Gasteiger partial charge in [0.15, 0.2) is 0 Å². The molecule has 0 fully saturated rings. The van der Waals surface area contributed by atoms with Gasteiger partial charge in [-0.1, -0.05) is 5.11 Å². The average Bonchev–Trinajstić information content (AvgIpc) is 3.19. The fraction of sp³-hybridized carbons (Fsp3) is 0.564. The highest BCUT2D eigenvalue weighted by atomic mass is 16.6. The summed E-state index contributed by atoms with van der Waals surface area (Å²) in [4.78, 5) is 62.7. The molecule has 6 N–H and O–H groups in total. The zero-order valence-electron chi connectivity index (χ0n) is 34.3. The molecule has 3 amide bonds. The van der Waals surface area contributed by atoms with E-state index in [2.05, 4.69) is 41.5 Å². The SMILES string of the molecule is CC(C)(C)OC(=O)N[C@@H](C[C@H](CCCC(=O)Nc1ccc(N=Nc2ccc(NCCNC(=O)CCOCCOCCOCCOCCN=[N+]=[N-])cc2)cc1)C(=O)O)C(=O)O. The summed E-state index contributed by atoms with van der Waals surface area (Å²) in [6.45, 7) is 9.13. The van der Waals surface area contributed by atoms with E-state index in [0.717, 1.165) is 5.69 Å². The van der Waals surface area contributed by atoms with Crippen LogP contribution >= 0.6 is 0 Å². The minimum Gasteiger partial charge on any atom is -0.481 e. The van der Waals surface area contributed by atoms with E-state index in [4.69, 9.17) is 29.2 Å². The molecule has 21 heteroatoms. The highest BCUT2D eigenvalue weighted by Crippen LogP contribution is 2.22. The van der Waals surface area contributed by atoms with Crippen molar-refractivity contribution in [3.63, 3.8) is 0 Å². The Morgan fingerprint density at radius 1 is 0.717 bits per heavy atom. The molecular weight excluding hydrogens is 786 g/mol. The molecule has 0 saturated carbocycles. The number of hydrogen-bond donors (Lipinski definition) is 6. The van der Waals surface area contributed by atoms with Gasteiger partial charge in [0.1, 0.15) is 11.6 Å². The van der Waals surface area contributed by atoms with Gasteiger partial charge in [-0.15, -0.1) is 0 Å². The van der Waals surface area contributed by atoms with Crippen molar-refractivity contribution in [2.75, 3.05) is 83.1 Å². The Morgan fingerprint density at radius 2 is 1.27 bits per heavy atom. The first-order valence-corrected chi connectivity index (χ1v) is 19.4. The van der Waals surface area contributed by atoms with Gasteiger partial charge in [0.05, 0.1) is 70.1 Å². The quantitative estimate of drug-likeness (QED) is 0.0234. The fourth-order valence-electron chi connectivity index (χ4n) is 4.98. The van der Waals surface area contributed by atoms with E-state index in [1.54, 1.807) is 57.2 Å². The number of azo groups is 1. The van der Waals surface area contributed by atoms with Gasteiger partial charge in [0.2, 0.25) is 11.8 Å². The van der Waals surface area contributed by atoms with Crippen molar-refractivity contribution in [1.29, 1.82) is 0 Å². The predicted molar refractivity (Wildman–Crippen MR) is 219 cm³/mol. The number of anilines is 2. The molecule has 2 aromatic rings. The van der Waals surface area contributed by atoms with Gasteiger partial charge in [-0.3, -0.25) is 14.4 Å². The number of benzene rings is 2. The van der Waals surface area contributed by atoms with Gasteiger partial charge in [0, 0.05) is 48.8 Å². The van der Waals surface area contributed by atoms with Crippen LogP contribution in [0.25, 0.3) is 10.4 Å². The fourth-order valence-corrected chi connectivity index (χ4v) is 4.98. The zero-order valence-corrected chi connectivity index (χ0v) is 34.3. The van der Waals surface area contributed by atoms with Crippen LogP contribution in [0.5, 0.6) is 0 Å². The topological polar surface area (TPSA) is 294 Å². The summed E-state index contributed by atoms with van der Waals surface area (Å²) in [5, 5.41) is 41.9. The summed E-state index contributed by atoms with van der Waals surface area (Å²) in [5.41, 5.74) is 9.81. The summed E-state index contributed by atoms with van der Waals surface area (Å²) in [6.07, 6.45) is -0.914. The third-order valence-electron chi connectivity index (χ3n) is 7.88. The number of azide groups is 1. The lowest BCUT2D eigenvalue weighted by Crippen LogP contribution is -2.45. The molecule has 0 aliphatic carbocycles. The number of amides is 3. The number of rotatable bonds is 31. The summed E-state index contributed by atoms with van der Waals surface area (Å²) < 4.78 is 26.5. The van der Waals surface area contributed by atoms with Gasteiger partial charge in [0.25, 0.3) is 0 Å². The second-order valence-electron chi connectivity index (χ2n) is 14.0. The second kappa shape index (κ2) is 29.4. The predicted octanol–water partition coefficient (Wildman–Crippen LogP) is 5.57. The summed E-state index contributed by atoms with van der Waals surface area (Å²) in [7, 11) is 0. The first-order valence-electron chi connectivity index (χ1n) is 19.4. The summed E-state index contributed by atoms with van der Waals surface area (Å²) >= 11 is 0. The maximum Gasteiger partial charge on any atom is 0.408 e. The summed E-state index contributed by atoms with van der Waals surface area (Å²) in [6, 6.07) is 12.4. The molecule has 0 unspecified atom stereocenters. The third kappa shape index (κ3) is 24.8. The molecule has 0 aromatic heterocycles. The molecule has 330 valence electrons. The van der Waals surface area contributed by atoms with Crippen LogP contribution in [0.1, 0.15) is 52.9 Å². The molecule has 21 nitrogen and oxygen atoms in total. The second-order valence-corrected chi connectivity index (χ2v) is 14.0. The largest absolute Gasteiger partial charge is 0.481 e. The van der Waals surface area contributed by atoms with Crippen molar-refractivity contribution in [2.45, 2.75) is 64.5 Å². The minimum atomic E-state index is -1.47. The molecule has 2 atom stereocenters. The molecule has 0 heterocycles. The van der Waals surface area contributed by atoms with Crippen LogP contribution in [0, 0.1) is 5.92 Å². The first kappa shape index (κ1) is 50.3. The standard InChI is InChI=1S/C39H57N9O12/c1-39(2,3)60-38(55)45-33(37(53)54)27-28(36(51)52)5-4-6-35(50)44-30-9-13-32(14-10-30)47-46-31-11-7-29(8-12-31)41-16-17-42-34(49)15-19-56-21-23-58-25-26-59-24-22-57-20-18-43-48-40/h7-14,28,33,41H,4-6,15-27H2,1-3H3,(H,42,49)(H,44,50)(H,45,55)(H,51,52)(H,53,54)/t28-,33-/m0/s1. The number of carbonyl (C=O) groups excluding carboxylic acids is 3. The number of nitrogens with zero attached hydrogens (tertiary/aromatic N) is 5. The molecule has 60 heavy (non-hydrogen) atoms. The maximum absolute atomic E-state index is 12.5. The normalized spacial score (nSPS) is 12.2. The van der Waals surface area contributed by atoms with E-state index < -0.39 is 35.6 Å². The summed E-state index contributed by atoms with van der Waals surface area (Å²) in [5.74, 6) is -4.21. The van der Waals surface area contributed by atoms with E-state index in [0.29, 0.717) is 82.9 Å². The minimum absolute atomic E-state index is 0.00349. The third-order valence-corrected chi connectivity index (χ3v) is 7.88. The van der Waals surface area contributed by atoms with E-state index >= 15 is 0 Å². The van der Waals surface area contributed by atoms with Crippen LogP contribution in [0.2, 0.25) is 0 Å². The number of nitrogens with one attached hydrogen (secondary N) is 4. The Labute approximate surface area is 348 Å². The first-order chi connectivity index (χ1) is 28.8. The number of aliphatic carboxylic acids is 2. The zero-order chi connectivity index (χ0) is 44.0. The highest BCUT2D eigenvalue weighted by Gasteiger charge is 2.30. The monoisotopic (exact) mass is 843 g/mol. The maximum atomic E-state index is 12.5. The number of carboxylic acid groups (broad SMARTS) is 2. The molecule has 0 bridgehead atoms. The molecule has 0 aliphatic rings. The van der Waals surface area contributed by atoms with Gasteiger partial charge < -0.3 is 55.2 Å². The Balaban J connectivity index is 1.59. The molecule has 0 spiro atoms. The van der Waals surface area contributed by atoms with Crippen molar-refractivity contribution < 1.29 is 57.9 Å². The van der Waals surface area contributed by atoms with E-state index in [9.17, 15) is 34.2 Å². The highest BCUT2D eigenvalue weighted by molar-refractivity contribution is 5.90. The van der Waals surface area contributed by atoms with E-state index in [-0.39, 0.29) is 50.5 Å². The Hall–Kier alpha value is -5.86. The smallest absolute Gasteiger partial charge is 0.408 e.